The van der Waals surface area contributed by atoms with Crippen LogP contribution in [0, 0.1) is 6.92 Å². The molecular weight excluding hydrogens is 368 g/mol. The Hall–Kier alpha value is -1.99. The van der Waals surface area contributed by atoms with Crippen molar-refractivity contribution in [1.29, 1.82) is 0 Å². The number of rotatable bonds is 4. The summed E-state index contributed by atoms with van der Waals surface area (Å²) in [6.45, 7) is 23.7. The zero-order valence-electron chi connectivity index (χ0n) is 20.3. The van der Waals surface area contributed by atoms with E-state index in [1.54, 1.807) is 12.3 Å². The lowest BCUT2D eigenvalue weighted by Gasteiger charge is -2.15. The lowest BCUT2D eigenvalue weighted by atomic mass is 9.89. The molecule has 29 heavy (non-hydrogen) atoms. The molecule has 0 fully saturated rings. The van der Waals surface area contributed by atoms with Gasteiger partial charge in [0, 0.05) is 0 Å². The van der Waals surface area contributed by atoms with Crippen molar-refractivity contribution < 1.29 is 0 Å². The zero-order chi connectivity index (χ0) is 23.2. The van der Waals surface area contributed by atoms with Gasteiger partial charge in [-0.15, -0.1) is 6.58 Å². The molecular formula is C28H44S. The topological polar surface area (TPSA) is 0 Å². The summed E-state index contributed by atoms with van der Waals surface area (Å²) in [4.78, 5) is 0. The van der Waals surface area contributed by atoms with Crippen molar-refractivity contribution >= 4 is 41.6 Å². The van der Waals surface area contributed by atoms with Gasteiger partial charge in [-0.3, -0.25) is 0 Å². The van der Waals surface area contributed by atoms with Gasteiger partial charge in [-0.25, -0.2) is 0 Å². The van der Waals surface area contributed by atoms with Crippen LogP contribution in [-0.4, -0.2) is 6.26 Å². The average Bonchev–Trinajstić information content (AvgIpc) is 2.79. The first kappa shape index (κ1) is 31.7. The van der Waals surface area contributed by atoms with Crippen LogP contribution >= 0.6 is 12.6 Å². The Labute approximate surface area is 187 Å². The second-order valence-corrected chi connectivity index (χ2v) is 5.33. The van der Waals surface area contributed by atoms with Gasteiger partial charge in [0.1, 0.15) is 0 Å². The number of hydrogen-bond donors (Lipinski definition) is 1. The molecule has 0 atom stereocenters. The van der Waals surface area contributed by atoms with Crippen molar-refractivity contribution in [3.8, 4) is 0 Å². The average molecular weight is 413 g/mol. The number of aryl methyl sites for hydroxylation is 1. The number of hydrogen-bond acceptors (Lipinski definition) is 1. The normalized spacial score (nSPS) is 9.17. The Kier molecular flexibility index (Phi) is 24.4. The Balaban J connectivity index is -0.000000656. The molecule has 0 unspecified atom stereocenters. The van der Waals surface area contributed by atoms with Crippen molar-refractivity contribution in [3.05, 3.63) is 77.9 Å². The maximum atomic E-state index is 4.02. The van der Waals surface area contributed by atoms with E-state index in [9.17, 15) is 0 Å². The molecule has 0 saturated heterocycles. The van der Waals surface area contributed by atoms with E-state index in [1.165, 1.54) is 33.0 Å². The van der Waals surface area contributed by atoms with Crippen LogP contribution in [0.3, 0.4) is 0 Å². The quantitative estimate of drug-likeness (QED) is 0.375. The molecule has 0 spiro atoms. The van der Waals surface area contributed by atoms with E-state index in [4.69, 9.17) is 0 Å². The summed E-state index contributed by atoms with van der Waals surface area (Å²) in [6, 6.07) is 8.57. The maximum Gasteiger partial charge on any atom is -0.0103 e. The minimum absolute atomic E-state index is 1.05. The second-order valence-electron chi connectivity index (χ2n) is 5.33. The fourth-order valence-electron chi connectivity index (χ4n) is 2.70. The summed E-state index contributed by atoms with van der Waals surface area (Å²) in [7, 11) is 0. The predicted molar refractivity (Wildman–Crippen MR) is 146 cm³/mol. The molecule has 0 radical (unpaired) electrons. The Morgan fingerprint density at radius 1 is 0.828 bits per heavy atom. The molecule has 0 amide bonds. The van der Waals surface area contributed by atoms with Crippen molar-refractivity contribution in [2.24, 2.45) is 0 Å². The molecule has 0 aromatic heterocycles. The monoisotopic (exact) mass is 412 g/mol. The van der Waals surface area contributed by atoms with Crippen molar-refractivity contribution in [1.82, 2.24) is 0 Å². The van der Waals surface area contributed by atoms with E-state index in [0.29, 0.717) is 0 Å². The molecule has 0 aliphatic heterocycles. The summed E-state index contributed by atoms with van der Waals surface area (Å²) in [6.07, 6.45) is 15.2. The molecule has 0 heterocycles. The molecule has 0 nitrogen and oxygen atoms in total. The smallest absolute Gasteiger partial charge is 0.0103 e. The molecule has 0 bridgehead atoms. The third kappa shape index (κ3) is 10.4. The number of fused-ring (bicyclic) bond motifs is 1. The molecule has 1 heteroatoms. The Morgan fingerprint density at radius 3 is 1.72 bits per heavy atom. The lowest BCUT2D eigenvalue weighted by molar-refractivity contribution is 1.23. The first-order valence-corrected chi connectivity index (χ1v) is 11.5. The van der Waals surface area contributed by atoms with Crippen LogP contribution in [0.1, 0.15) is 77.1 Å². The van der Waals surface area contributed by atoms with Crippen molar-refractivity contribution in [2.45, 2.75) is 61.8 Å². The molecule has 0 N–H and O–H groups in total. The molecule has 2 aromatic rings. The summed E-state index contributed by atoms with van der Waals surface area (Å²) in [5, 5.41) is 2.59. The SMILES string of the molecule is C=CC.C=Cc1c(/C=C\C)c(/C=C\CC)c(C)c2ccccc12.CC.CC.CS. The van der Waals surface area contributed by atoms with Gasteiger partial charge >= 0.3 is 0 Å². The lowest BCUT2D eigenvalue weighted by Crippen LogP contribution is -1.94. The zero-order valence-corrected chi connectivity index (χ0v) is 21.2. The largest absolute Gasteiger partial charge is 0.183 e. The van der Waals surface area contributed by atoms with Gasteiger partial charge in [0.2, 0.25) is 0 Å². The molecule has 2 aromatic carbocycles. The molecule has 2 rings (SSSR count). The van der Waals surface area contributed by atoms with E-state index in [0.717, 1.165) is 6.42 Å². The fourth-order valence-corrected chi connectivity index (χ4v) is 2.70. The second kappa shape index (κ2) is 22.3. The minimum atomic E-state index is 1.05. The highest BCUT2D eigenvalue weighted by atomic mass is 32.1. The van der Waals surface area contributed by atoms with Gasteiger partial charge in [0.15, 0.2) is 0 Å². The van der Waals surface area contributed by atoms with Crippen LogP contribution in [-0.2, 0) is 0 Å². The number of thiol groups is 1. The summed E-state index contributed by atoms with van der Waals surface area (Å²) < 4.78 is 0. The van der Waals surface area contributed by atoms with Crippen LogP contribution in [0.4, 0.5) is 0 Å². The highest BCUT2D eigenvalue weighted by molar-refractivity contribution is 7.79. The van der Waals surface area contributed by atoms with Crippen LogP contribution in [0.5, 0.6) is 0 Å². The van der Waals surface area contributed by atoms with E-state index in [1.807, 2.05) is 40.7 Å². The van der Waals surface area contributed by atoms with E-state index in [-0.39, 0.29) is 0 Å². The number of allylic oxidation sites excluding steroid dienone is 3. The number of benzene rings is 2. The van der Waals surface area contributed by atoms with Gasteiger partial charge in [-0.2, -0.15) is 12.6 Å². The molecule has 0 saturated carbocycles. The summed E-state index contributed by atoms with van der Waals surface area (Å²) >= 11 is 3.53. The van der Waals surface area contributed by atoms with Crippen LogP contribution in [0.2, 0.25) is 0 Å². The molecule has 0 aliphatic rings. The Bertz CT molecular complexity index is 734. The fraction of sp³-hybridized carbons (Fsp3) is 0.357. The highest BCUT2D eigenvalue weighted by Gasteiger charge is 2.11. The van der Waals surface area contributed by atoms with Crippen LogP contribution in [0.25, 0.3) is 29.0 Å². The first-order valence-electron chi connectivity index (χ1n) is 10.6. The van der Waals surface area contributed by atoms with Gasteiger partial charge in [-0.05, 0) is 66.5 Å². The Morgan fingerprint density at radius 2 is 1.31 bits per heavy atom. The summed E-state index contributed by atoms with van der Waals surface area (Å²) in [5.41, 5.74) is 5.13. The van der Waals surface area contributed by atoms with E-state index in [2.05, 4.69) is 95.1 Å². The molecule has 162 valence electrons. The van der Waals surface area contributed by atoms with Crippen molar-refractivity contribution in [3.63, 3.8) is 0 Å². The minimum Gasteiger partial charge on any atom is -0.183 e. The van der Waals surface area contributed by atoms with Crippen LogP contribution in [0.15, 0.2) is 55.7 Å². The van der Waals surface area contributed by atoms with E-state index < -0.39 is 0 Å². The van der Waals surface area contributed by atoms with Gasteiger partial charge in [0.25, 0.3) is 0 Å². The van der Waals surface area contributed by atoms with Gasteiger partial charge in [-0.1, -0.05) is 102 Å². The third-order valence-electron chi connectivity index (χ3n) is 3.66. The first-order chi connectivity index (χ1) is 14.2. The standard InChI is InChI=1S/C20H22.C3H6.2C2H6.CH4S/c1-5-8-12-17-15(4)18-13-9-10-14-20(18)16(7-3)19(17)11-6-2;1-3-2;3*1-2/h6-14H,3,5H2,1-2,4H3;3H,1H2,2H3;2*1-2H3;2H,1H3/b11-6-,12-8-;;;;. The summed E-state index contributed by atoms with van der Waals surface area (Å²) in [5.74, 6) is 0. The van der Waals surface area contributed by atoms with Crippen LogP contribution < -0.4 is 0 Å². The van der Waals surface area contributed by atoms with Crippen molar-refractivity contribution in [2.75, 3.05) is 6.26 Å². The highest BCUT2D eigenvalue weighted by Crippen LogP contribution is 2.33. The van der Waals surface area contributed by atoms with Gasteiger partial charge in [0.05, 0.1) is 0 Å². The van der Waals surface area contributed by atoms with E-state index >= 15 is 0 Å². The third-order valence-corrected chi connectivity index (χ3v) is 3.66. The predicted octanol–water partition coefficient (Wildman–Crippen LogP) is 10.0. The van der Waals surface area contributed by atoms with Gasteiger partial charge < -0.3 is 0 Å². The maximum absolute atomic E-state index is 4.02. The molecule has 0 aliphatic carbocycles.